The molecule has 0 radical (unpaired) electrons. The largest absolute Gasteiger partial charge is 0.484 e. The Hall–Kier alpha value is -2.31. The average molecular weight is 463 g/mol. The highest BCUT2D eigenvalue weighted by atomic mass is 35.5. The third kappa shape index (κ3) is 3.66. The molecule has 0 aromatic heterocycles. The van der Waals surface area contributed by atoms with Gasteiger partial charge >= 0.3 is 0 Å². The molecule has 1 saturated heterocycles. The Morgan fingerprint density at radius 3 is 2.42 bits per heavy atom. The fourth-order valence-corrected chi connectivity index (χ4v) is 5.36. The maximum atomic E-state index is 13.4. The highest BCUT2D eigenvalue weighted by molar-refractivity contribution is 6.30. The van der Waals surface area contributed by atoms with E-state index < -0.39 is 5.82 Å². The molecule has 6 rings (SSSR count). The Kier molecular flexibility index (Phi) is 4.90. The number of carbonyl (C=O) groups is 2. The number of nitrogens with zero attached hydrogens (tertiary/aromatic N) is 1. The van der Waals surface area contributed by atoms with Crippen LogP contribution in [0.4, 0.5) is 4.39 Å². The fourth-order valence-electron chi connectivity index (χ4n) is 5.12. The molecular weight excluding hydrogens is 442 g/mol. The predicted octanol–water partition coefficient (Wildman–Crippen LogP) is 4.18. The van der Waals surface area contributed by atoms with Crippen molar-refractivity contribution >= 4 is 35.0 Å². The number of benzene rings is 2. The maximum Gasteiger partial charge on any atom is 0.258 e. The van der Waals surface area contributed by atoms with Gasteiger partial charge in [-0.3, -0.25) is 9.59 Å². The van der Waals surface area contributed by atoms with Crippen molar-refractivity contribution in [3.05, 3.63) is 63.9 Å². The SMILES string of the molecule is O=C(COc1ccc(Cl)c(F)c1)NC12CC(C(=O)N3CC(c4ccc(Cl)cc4)C3)(C1)C2. The van der Waals surface area contributed by atoms with E-state index in [1.54, 1.807) is 0 Å². The topological polar surface area (TPSA) is 58.6 Å². The summed E-state index contributed by atoms with van der Waals surface area (Å²) in [7, 11) is 0. The maximum absolute atomic E-state index is 13.4. The summed E-state index contributed by atoms with van der Waals surface area (Å²) < 4.78 is 18.8. The lowest BCUT2D eigenvalue weighted by atomic mass is 9.38. The number of halogens is 3. The van der Waals surface area contributed by atoms with Crippen LogP contribution in [0.5, 0.6) is 5.75 Å². The standard InChI is InChI=1S/C23H21Cl2FN2O3/c24-16-3-1-14(2-4-16)15-8-28(9-15)21(30)22-11-23(12-22,13-22)27-20(29)10-31-17-5-6-18(25)19(26)7-17/h1-7,15H,8-13H2,(H,27,29). The first-order valence-corrected chi connectivity index (χ1v) is 11.0. The Bertz CT molecular complexity index is 1030. The minimum Gasteiger partial charge on any atom is -0.484 e. The van der Waals surface area contributed by atoms with Crippen LogP contribution >= 0.6 is 23.2 Å². The van der Waals surface area contributed by atoms with E-state index in [0.29, 0.717) is 30.2 Å². The van der Waals surface area contributed by atoms with Gasteiger partial charge in [0, 0.05) is 35.6 Å². The molecule has 4 fully saturated rings. The molecule has 2 amide bonds. The van der Waals surface area contributed by atoms with E-state index in [4.69, 9.17) is 27.9 Å². The smallest absolute Gasteiger partial charge is 0.258 e. The zero-order valence-electron chi connectivity index (χ0n) is 16.7. The molecule has 1 heterocycles. The highest BCUT2D eigenvalue weighted by Crippen LogP contribution is 2.68. The second-order valence-corrected chi connectivity index (χ2v) is 9.81. The van der Waals surface area contributed by atoms with Gasteiger partial charge in [0.15, 0.2) is 6.61 Å². The summed E-state index contributed by atoms with van der Waals surface area (Å²) in [6, 6.07) is 11.8. The third-order valence-corrected chi connectivity index (χ3v) is 7.22. The molecule has 31 heavy (non-hydrogen) atoms. The molecule has 3 saturated carbocycles. The fraction of sp³-hybridized carbons (Fsp3) is 0.391. The number of ether oxygens (including phenoxy) is 1. The molecule has 4 aliphatic rings. The second-order valence-electron chi connectivity index (χ2n) is 8.96. The zero-order valence-corrected chi connectivity index (χ0v) is 18.2. The van der Waals surface area contributed by atoms with Gasteiger partial charge in [0.1, 0.15) is 11.6 Å². The molecule has 2 aromatic carbocycles. The van der Waals surface area contributed by atoms with Crippen LogP contribution in [0.2, 0.25) is 10.0 Å². The summed E-state index contributed by atoms with van der Waals surface area (Å²) in [6.07, 6.45) is 2.01. The van der Waals surface area contributed by atoms with Crippen molar-refractivity contribution in [2.75, 3.05) is 19.7 Å². The van der Waals surface area contributed by atoms with E-state index in [-0.39, 0.29) is 40.1 Å². The van der Waals surface area contributed by atoms with Crippen LogP contribution in [-0.2, 0) is 9.59 Å². The van der Waals surface area contributed by atoms with Crippen LogP contribution in [0, 0.1) is 11.2 Å². The van der Waals surface area contributed by atoms with Crippen molar-refractivity contribution in [1.82, 2.24) is 10.2 Å². The summed E-state index contributed by atoms with van der Waals surface area (Å²) in [6.45, 7) is 1.25. The number of hydrogen-bond acceptors (Lipinski definition) is 3. The molecule has 1 aliphatic heterocycles. The third-order valence-electron chi connectivity index (χ3n) is 6.66. The number of amides is 2. The van der Waals surface area contributed by atoms with Crippen molar-refractivity contribution in [2.24, 2.45) is 5.41 Å². The minimum absolute atomic E-state index is 0.00215. The number of hydrogen-bond donors (Lipinski definition) is 1. The van der Waals surface area contributed by atoms with Gasteiger partial charge in [0.25, 0.3) is 5.91 Å². The monoisotopic (exact) mass is 462 g/mol. The molecule has 3 aliphatic carbocycles. The molecule has 0 unspecified atom stereocenters. The van der Waals surface area contributed by atoms with E-state index in [1.807, 2.05) is 29.2 Å². The van der Waals surface area contributed by atoms with Gasteiger partial charge in [-0.25, -0.2) is 4.39 Å². The Labute approximate surface area is 189 Å². The number of likely N-dealkylation sites (tertiary alicyclic amines) is 1. The normalized spacial score (nSPS) is 26.4. The second kappa shape index (κ2) is 7.38. The molecule has 5 nitrogen and oxygen atoms in total. The van der Waals surface area contributed by atoms with Gasteiger partial charge in [-0.1, -0.05) is 35.3 Å². The van der Waals surface area contributed by atoms with Crippen LogP contribution in [0.1, 0.15) is 30.7 Å². The first-order valence-electron chi connectivity index (χ1n) is 10.2. The van der Waals surface area contributed by atoms with Crippen molar-refractivity contribution in [3.63, 3.8) is 0 Å². The Balaban J connectivity index is 1.07. The predicted molar refractivity (Wildman–Crippen MR) is 115 cm³/mol. The van der Waals surface area contributed by atoms with E-state index in [1.165, 1.54) is 17.7 Å². The minimum atomic E-state index is -0.594. The van der Waals surface area contributed by atoms with Gasteiger partial charge in [0.2, 0.25) is 5.91 Å². The number of rotatable bonds is 6. The van der Waals surface area contributed by atoms with E-state index in [9.17, 15) is 14.0 Å². The molecular formula is C23H21Cl2FN2O3. The summed E-state index contributed by atoms with van der Waals surface area (Å²) in [5.41, 5.74) is 0.579. The van der Waals surface area contributed by atoms with Gasteiger partial charge in [-0.2, -0.15) is 0 Å². The van der Waals surface area contributed by atoms with Crippen molar-refractivity contribution in [1.29, 1.82) is 0 Å². The van der Waals surface area contributed by atoms with Crippen molar-refractivity contribution < 1.29 is 18.7 Å². The summed E-state index contributed by atoms with van der Waals surface area (Å²) in [5, 5.41) is 3.70. The summed E-state index contributed by atoms with van der Waals surface area (Å²) >= 11 is 11.6. The molecule has 0 spiro atoms. The molecule has 8 heteroatoms. The van der Waals surface area contributed by atoms with E-state index >= 15 is 0 Å². The van der Waals surface area contributed by atoms with Gasteiger partial charge in [0.05, 0.1) is 10.4 Å². The molecule has 2 aromatic rings. The summed E-state index contributed by atoms with van der Waals surface area (Å²) in [5.74, 6) is -0.0697. The number of carbonyl (C=O) groups excluding carboxylic acids is 2. The quantitative estimate of drug-likeness (QED) is 0.700. The molecule has 2 bridgehead atoms. The van der Waals surface area contributed by atoms with Crippen LogP contribution in [0.3, 0.4) is 0 Å². The molecule has 1 N–H and O–H groups in total. The van der Waals surface area contributed by atoms with Gasteiger partial charge < -0.3 is 15.0 Å². The first kappa shape index (κ1) is 20.6. The molecule has 0 atom stereocenters. The first-order chi connectivity index (χ1) is 14.8. The van der Waals surface area contributed by atoms with Crippen LogP contribution in [0.15, 0.2) is 42.5 Å². The Morgan fingerprint density at radius 1 is 1.10 bits per heavy atom. The average Bonchev–Trinajstić information content (AvgIpc) is 2.64. The Morgan fingerprint density at radius 2 is 1.77 bits per heavy atom. The van der Waals surface area contributed by atoms with Crippen LogP contribution in [0.25, 0.3) is 0 Å². The van der Waals surface area contributed by atoms with Gasteiger partial charge in [-0.15, -0.1) is 0 Å². The van der Waals surface area contributed by atoms with Crippen molar-refractivity contribution in [2.45, 2.75) is 30.7 Å². The molecule has 162 valence electrons. The number of nitrogens with one attached hydrogen (secondary N) is 1. The van der Waals surface area contributed by atoms with Crippen LogP contribution < -0.4 is 10.1 Å². The summed E-state index contributed by atoms with van der Waals surface area (Å²) in [4.78, 5) is 27.1. The lowest BCUT2D eigenvalue weighted by Gasteiger charge is -2.70. The lowest BCUT2D eigenvalue weighted by Crippen LogP contribution is -2.79. The van der Waals surface area contributed by atoms with E-state index in [0.717, 1.165) is 19.2 Å². The lowest BCUT2D eigenvalue weighted by molar-refractivity contribution is -0.197. The van der Waals surface area contributed by atoms with E-state index in [2.05, 4.69) is 5.32 Å². The highest BCUT2D eigenvalue weighted by Gasteiger charge is 2.73. The van der Waals surface area contributed by atoms with Gasteiger partial charge in [-0.05, 0) is 49.1 Å². The van der Waals surface area contributed by atoms with Crippen molar-refractivity contribution in [3.8, 4) is 5.75 Å². The van der Waals surface area contributed by atoms with Crippen LogP contribution in [-0.4, -0.2) is 41.9 Å². The zero-order chi connectivity index (χ0) is 21.8.